The quantitative estimate of drug-likeness (QED) is 0.800. The average Bonchev–Trinajstić information content (AvgIpc) is 2.55. The minimum atomic E-state index is 0.337. The second-order valence-corrected chi connectivity index (χ2v) is 6.38. The fraction of sp³-hybridized carbons (Fsp3) is 0.611. The van der Waals surface area contributed by atoms with Crippen molar-refractivity contribution in [1.82, 2.24) is 9.80 Å². The third kappa shape index (κ3) is 4.44. The summed E-state index contributed by atoms with van der Waals surface area (Å²) in [6.45, 7) is 9.10. The summed E-state index contributed by atoms with van der Waals surface area (Å²) in [5.74, 6) is 0.826. The van der Waals surface area contributed by atoms with Gasteiger partial charge in [0.2, 0.25) is 0 Å². The lowest BCUT2D eigenvalue weighted by atomic mass is 10.1. The molecule has 2 saturated heterocycles. The van der Waals surface area contributed by atoms with Gasteiger partial charge in [-0.05, 0) is 37.2 Å². The molecule has 1 aromatic rings. The molecule has 0 N–H and O–H groups in total. The number of morpholine rings is 2. The van der Waals surface area contributed by atoms with E-state index in [1.165, 1.54) is 13.0 Å². The van der Waals surface area contributed by atoms with E-state index in [0.29, 0.717) is 24.4 Å². The molecule has 23 heavy (non-hydrogen) atoms. The molecule has 5 heteroatoms. The van der Waals surface area contributed by atoms with E-state index in [1.807, 2.05) is 12.1 Å². The molecule has 2 atom stereocenters. The molecule has 0 radical (unpaired) electrons. The Morgan fingerprint density at radius 1 is 1.09 bits per heavy atom. The smallest absolute Gasteiger partial charge is 0.119 e. The first-order chi connectivity index (χ1) is 11.3. The summed E-state index contributed by atoms with van der Waals surface area (Å²) in [5.41, 5.74) is 0.662. The Labute approximate surface area is 138 Å². The van der Waals surface area contributed by atoms with Gasteiger partial charge in [0.05, 0.1) is 23.8 Å². The fourth-order valence-corrected chi connectivity index (χ4v) is 3.46. The van der Waals surface area contributed by atoms with Gasteiger partial charge in [0.1, 0.15) is 12.4 Å². The normalized spacial score (nSPS) is 25.0. The highest BCUT2D eigenvalue weighted by molar-refractivity contribution is 5.34. The van der Waals surface area contributed by atoms with Crippen LogP contribution in [0.1, 0.15) is 18.9 Å². The van der Waals surface area contributed by atoms with Gasteiger partial charge in [-0.3, -0.25) is 9.80 Å². The Morgan fingerprint density at radius 2 is 1.70 bits per heavy atom. The molecule has 2 aliphatic rings. The summed E-state index contributed by atoms with van der Waals surface area (Å²) in [7, 11) is 0. The van der Waals surface area contributed by atoms with E-state index in [0.717, 1.165) is 38.5 Å². The minimum absolute atomic E-state index is 0.337. The monoisotopic (exact) mass is 315 g/mol. The predicted molar refractivity (Wildman–Crippen MR) is 88.5 cm³/mol. The molecule has 2 aliphatic heterocycles. The Balaban J connectivity index is 1.42. The lowest BCUT2D eigenvalue weighted by Crippen LogP contribution is -2.59. The molecule has 5 nitrogen and oxygen atoms in total. The Hall–Kier alpha value is -1.61. The maximum atomic E-state index is 8.79. The van der Waals surface area contributed by atoms with Crippen LogP contribution in [0.25, 0.3) is 0 Å². The summed E-state index contributed by atoms with van der Waals surface area (Å²) in [4.78, 5) is 4.98. The Kier molecular flexibility index (Phi) is 5.50. The maximum Gasteiger partial charge on any atom is 0.119 e. The summed E-state index contributed by atoms with van der Waals surface area (Å²) < 4.78 is 11.9. The highest BCUT2D eigenvalue weighted by Crippen LogP contribution is 2.19. The number of benzene rings is 1. The van der Waals surface area contributed by atoms with Crippen LogP contribution in [0.5, 0.6) is 5.75 Å². The molecule has 2 bridgehead atoms. The van der Waals surface area contributed by atoms with Crippen molar-refractivity contribution in [2.45, 2.75) is 25.6 Å². The molecule has 2 unspecified atom stereocenters. The van der Waals surface area contributed by atoms with Gasteiger partial charge in [-0.1, -0.05) is 6.92 Å². The van der Waals surface area contributed by atoms with Gasteiger partial charge in [0.15, 0.2) is 0 Å². The van der Waals surface area contributed by atoms with Crippen molar-refractivity contribution in [1.29, 1.82) is 5.26 Å². The van der Waals surface area contributed by atoms with E-state index in [2.05, 4.69) is 22.8 Å². The lowest BCUT2D eigenvalue weighted by molar-refractivity contribution is -0.139. The van der Waals surface area contributed by atoms with Crippen molar-refractivity contribution in [3.63, 3.8) is 0 Å². The zero-order valence-corrected chi connectivity index (χ0v) is 13.8. The van der Waals surface area contributed by atoms with E-state index in [-0.39, 0.29) is 0 Å². The number of fused-ring (bicyclic) bond motifs is 2. The first kappa shape index (κ1) is 16.3. The van der Waals surface area contributed by atoms with Gasteiger partial charge < -0.3 is 9.47 Å². The highest BCUT2D eigenvalue weighted by atomic mass is 16.5. The molecule has 3 rings (SSSR count). The van der Waals surface area contributed by atoms with Gasteiger partial charge in [0, 0.05) is 32.7 Å². The molecule has 0 spiro atoms. The van der Waals surface area contributed by atoms with Crippen LogP contribution in [0.3, 0.4) is 0 Å². The Morgan fingerprint density at radius 3 is 2.26 bits per heavy atom. The van der Waals surface area contributed by atoms with Crippen molar-refractivity contribution >= 4 is 0 Å². The first-order valence-electron chi connectivity index (χ1n) is 8.50. The van der Waals surface area contributed by atoms with Crippen molar-refractivity contribution in [2.24, 2.45) is 0 Å². The van der Waals surface area contributed by atoms with Crippen LogP contribution in [-0.4, -0.2) is 67.9 Å². The van der Waals surface area contributed by atoms with E-state index in [9.17, 15) is 0 Å². The van der Waals surface area contributed by atoms with E-state index in [4.69, 9.17) is 14.7 Å². The van der Waals surface area contributed by atoms with Crippen LogP contribution in [-0.2, 0) is 4.74 Å². The largest absolute Gasteiger partial charge is 0.492 e. The molecule has 124 valence electrons. The van der Waals surface area contributed by atoms with Crippen LogP contribution < -0.4 is 4.74 Å². The highest BCUT2D eigenvalue weighted by Gasteiger charge is 2.34. The molecular weight excluding hydrogens is 290 g/mol. The number of ether oxygens (including phenoxy) is 2. The zero-order valence-electron chi connectivity index (χ0n) is 13.8. The van der Waals surface area contributed by atoms with Crippen LogP contribution >= 0.6 is 0 Å². The SMILES string of the molecule is CCCN1CC2CN(CCOc3ccc(C#N)cc3)CC(C1)O2. The van der Waals surface area contributed by atoms with Gasteiger partial charge in [-0.15, -0.1) is 0 Å². The molecular formula is C18H25N3O2. The summed E-state index contributed by atoms with van der Waals surface area (Å²) in [5, 5.41) is 8.79. The van der Waals surface area contributed by atoms with Gasteiger partial charge in [-0.2, -0.15) is 5.26 Å². The maximum absolute atomic E-state index is 8.79. The number of rotatable bonds is 6. The number of hydrogen-bond donors (Lipinski definition) is 0. The number of nitrogens with zero attached hydrogens (tertiary/aromatic N) is 3. The Bertz CT molecular complexity index is 526. The topological polar surface area (TPSA) is 48.7 Å². The fourth-order valence-electron chi connectivity index (χ4n) is 3.46. The lowest BCUT2D eigenvalue weighted by Gasteiger charge is -2.45. The molecule has 2 fully saturated rings. The van der Waals surface area contributed by atoms with Gasteiger partial charge >= 0.3 is 0 Å². The second kappa shape index (κ2) is 7.78. The van der Waals surface area contributed by atoms with E-state index < -0.39 is 0 Å². The minimum Gasteiger partial charge on any atom is -0.492 e. The molecule has 0 aliphatic carbocycles. The van der Waals surface area contributed by atoms with Gasteiger partial charge in [0.25, 0.3) is 0 Å². The van der Waals surface area contributed by atoms with Crippen LogP contribution in [0.4, 0.5) is 0 Å². The standard InChI is InChI=1S/C18H25N3O2/c1-2-7-20-11-17-13-21(14-18(12-20)23-17)8-9-22-16-5-3-15(10-19)4-6-16/h3-6,17-18H,2,7-9,11-14H2,1H3. The number of nitriles is 1. The molecule has 0 aromatic heterocycles. The van der Waals surface area contributed by atoms with Crippen LogP contribution in [0.2, 0.25) is 0 Å². The zero-order chi connectivity index (χ0) is 16.1. The third-order valence-electron chi connectivity index (χ3n) is 4.43. The predicted octanol–water partition coefficient (Wildman–Crippen LogP) is 1.73. The molecule has 2 heterocycles. The number of hydrogen-bond acceptors (Lipinski definition) is 5. The molecule has 0 amide bonds. The summed E-state index contributed by atoms with van der Waals surface area (Å²) >= 11 is 0. The van der Waals surface area contributed by atoms with Crippen LogP contribution in [0, 0.1) is 11.3 Å². The van der Waals surface area contributed by atoms with Crippen molar-refractivity contribution in [3.05, 3.63) is 29.8 Å². The van der Waals surface area contributed by atoms with Crippen LogP contribution in [0.15, 0.2) is 24.3 Å². The first-order valence-corrected chi connectivity index (χ1v) is 8.50. The molecule has 1 aromatic carbocycles. The van der Waals surface area contributed by atoms with Crippen molar-refractivity contribution < 1.29 is 9.47 Å². The summed E-state index contributed by atoms with van der Waals surface area (Å²) in [6, 6.07) is 9.41. The summed E-state index contributed by atoms with van der Waals surface area (Å²) in [6.07, 6.45) is 1.88. The van der Waals surface area contributed by atoms with Crippen molar-refractivity contribution in [3.8, 4) is 11.8 Å². The second-order valence-electron chi connectivity index (χ2n) is 6.38. The van der Waals surface area contributed by atoms with E-state index >= 15 is 0 Å². The molecule has 0 saturated carbocycles. The van der Waals surface area contributed by atoms with Crippen molar-refractivity contribution in [2.75, 3.05) is 45.9 Å². The average molecular weight is 315 g/mol. The third-order valence-corrected chi connectivity index (χ3v) is 4.43. The van der Waals surface area contributed by atoms with E-state index in [1.54, 1.807) is 12.1 Å². The van der Waals surface area contributed by atoms with Gasteiger partial charge in [-0.25, -0.2) is 0 Å².